The highest BCUT2D eigenvalue weighted by molar-refractivity contribution is 6.12. The van der Waals surface area contributed by atoms with Crippen LogP contribution in [0.2, 0.25) is 0 Å². The molecule has 2 rings (SSSR count). The summed E-state index contributed by atoms with van der Waals surface area (Å²) in [5.74, 6) is -1.40. The monoisotopic (exact) mass is 312 g/mol. The van der Waals surface area contributed by atoms with Gasteiger partial charge in [-0.3, -0.25) is 19.7 Å². The van der Waals surface area contributed by atoms with Crippen molar-refractivity contribution in [3.8, 4) is 0 Å². The van der Waals surface area contributed by atoms with Crippen molar-refractivity contribution < 1.29 is 19.5 Å². The van der Waals surface area contributed by atoms with Gasteiger partial charge in [0.25, 0.3) is 11.8 Å². The molecule has 0 unspecified atom stereocenters. The van der Waals surface area contributed by atoms with Gasteiger partial charge in [0.15, 0.2) is 0 Å². The fourth-order valence-corrected chi connectivity index (χ4v) is 2.37. The molecule has 6 heteroatoms. The van der Waals surface area contributed by atoms with Crippen LogP contribution in [-0.2, 0) is 14.4 Å². The van der Waals surface area contributed by atoms with Gasteiger partial charge in [0.2, 0.25) is 0 Å². The second-order valence-electron chi connectivity index (χ2n) is 6.68. The molecule has 2 aliphatic rings. The predicted molar refractivity (Wildman–Crippen MR) is 85.4 cm³/mol. The van der Waals surface area contributed by atoms with Crippen LogP contribution in [-0.4, -0.2) is 34.0 Å². The third-order valence-corrected chi connectivity index (χ3v) is 3.22. The summed E-state index contributed by atoms with van der Waals surface area (Å²) >= 11 is 0. The fraction of sp³-hybridized carbons (Fsp3) is 0.688. The van der Waals surface area contributed by atoms with Gasteiger partial charge < -0.3 is 10.4 Å². The quantitative estimate of drug-likeness (QED) is 0.644. The number of hydrogen-bond donors (Lipinski definition) is 3. The number of piperidine rings is 1. The lowest BCUT2D eigenvalue weighted by Gasteiger charge is -2.42. The van der Waals surface area contributed by atoms with Crippen LogP contribution >= 0.6 is 0 Å². The molecular weight excluding hydrogens is 284 g/mol. The van der Waals surface area contributed by atoms with Crippen LogP contribution in [0.5, 0.6) is 0 Å². The van der Waals surface area contributed by atoms with E-state index < -0.39 is 5.97 Å². The van der Waals surface area contributed by atoms with Crippen LogP contribution in [0.3, 0.4) is 0 Å². The Morgan fingerprint density at radius 3 is 1.59 bits per heavy atom. The molecule has 0 radical (unpaired) electrons. The first-order chi connectivity index (χ1) is 9.97. The van der Waals surface area contributed by atoms with Crippen molar-refractivity contribution in [2.75, 3.05) is 0 Å². The maximum Gasteiger partial charge on any atom is 0.303 e. The van der Waals surface area contributed by atoms with E-state index in [4.69, 9.17) is 5.11 Å². The van der Waals surface area contributed by atoms with Crippen molar-refractivity contribution >= 4 is 17.8 Å². The summed E-state index contributed by atoms with van der Waals surface area (Å²) in [5.41, 5.74) is 0.726. The topological polar surface area (TPSA) is 95.5 Å². The number of hydrogen-bond acceptors (Lipinski definition) is 4. The number of carboxylic acid groups (broad SMARTS) is 1. The summed E-state index contributed by atoms with van der Waals surface area (Å²) in [6, 6.07) is 0. The zero-order valence-corrected chi connectivity index (χ0v) is 14.2. The van der Waals surface area contributed by atoms with Crippen molar-refractivity contribution in [2.24, 2.45) is 0 Å². The Morgan fingerprint density at radius 2 is 1.45 bits per heavy atom. The van der Waals surface area contributed by atoms with Crippen LogP contribution < -0.4 is 10.6 Å². The van der Waals surface area contributed by atoms with Gasteiger partial charge in [0.05, 0.1) is 0 Å². The van der Waals surface area contributed by atoms with Crippen LogP contribution in [0, 0.1) is 0 Å². The second-order valence-corrected chi connectivity index (χ2v) is 6.68. The number of aliphatic carboxylic acids is 1. The van der Waals surface area contributed by atoms with E-state index in [1.54, 1.807) is 6.92 Å². The molecule has 0 aromatic heterocycles. The van der Waals surface area contributed by atoms with E-state index >= 15 is 0 Å². The number of nitrogens with one attached hydrogen (secondary N) is 2. The number of carboxylic acids is 1. The molecule has 6 nitrogen and oxygen atoms in total. The molecule has 2 aliphatic heterocycles. The lowest BCUT2D eigenvalue weighted by molar-refractivity contribution is -0.136. The maximum absolute atomic E-state index is 10.0. The fourth-order valence-electron chi connectivity index (χ4n) is 2.37. The average Bonchev–Trinajstić information content (AvgIpc) is 2.71. The minimum absolute atomic E-state index is 0.222. The molecule has 0 saturated carbocycles. The van der Waals surface area contributed by atoms with Crippen molar-refractivity contribution in [3.05, 3.63) is 12.2 Å². The number of rotatable bonds is 1. The zero-order chi connectivity index (χ0) is 17.4. The van der Waals surface area contributed by atoms with Gasteiger partial charge in [0.1, 0.15) is 0 Å². The first-order valence-corrected chi connectivity index (χ1v) is 7.51. The molecule has 2 heterocycles. The van der Waals surface area contributed by atoms with Crippen LogP contribution in [0.1, 0.15) is 60.3 Å². The maximum atomic E-state index is 10.0. The minimum atomic E-state index is -0.745. The van der Waals surface area contributed by atoms with Crippen molar-refractivity contribution in [1.82, 2.24) is 10.6 Å². The van der Waals surface area contributed by atoms with Crippen molar-refractivity contribution in [2.45, 2.75) is 71.4 Å². The highest BCUT2D eigenvalue weighted by Crippen LogP contribution is 2.27. The molecule has 0 bridgehead atoms. The molecule has 0 atom stereocenters. The van der Waals surface area contributed by atoms with E-state index in [0.29, 0.717) is 11.1 Å². The summed E-state index contributed by atoms with van der Waals surface area (Å²) in [6.07, 6.45) is 6.62. The Kier molecular flexibility index (Phi) is 8.01. The molecule has 22 heavy (non-hydrogen) atoms. The Bertz CT molecular complexity index is 409. The lowest BCUT2D eigenvalue weighted by Crippen LogP contribution is -2.55. The Hall–Kier alpha value is -1.69. The minimum Gasteiger partial charge on any atom is -0.481 e. The normalized spacial score (nSPS) is 21.0. The van der Waals surface area contributed by atoms with E-state index in [1.165, 1.54) is 31.4 Å². The van der Waals surface area contributed by atoms with Crippen LogP contribution in [0.4, 0.5) is 0 Å². The van der Waals surface area contributed by atoms with Gasteiger partial charge in [-0.05, 0) is 47.0 Å². The summed E-state index contributed by atoms with van der Waals surface area (Å²) in [7, 11) is 0. The number of carbonyl (C=O) groups is 3. The highest BCUT2D eigenvalue weighted by atomic mass is 16.4. The van der Waals surface area contributed by atoms with Gasteiger partial charge >= 0.3 is 5.97 Å². The van der Waals surface area contributed by atoms with Crippen molar-refractivity contribution in [3.63, 3.8) is 0 Å². The van der Waals surface area contributed by atoms with Crippen LogP contribution in [0.15, 0.2) is 12.2 Å². The van der Waals surface area contributed by atoms with Gasteiger partial charge in [-0.15, -0.1) is 0 Å². The SMILES string of the molecule is CC1(C)CCCC(C)(C)N1.CCC(=O)O.O=C1C=CC(=O)N1. The lowest BCUT2D eigenvalue weighted by atomic mass is 9.83. The summed E-state index contributed by atoms with van der Waals surface area (Å²) in [5, 5.41) is 13.4. The molecule has 0 aromatic rings. The Labute approximate surface area is 132 Å². The largest absolute Gasteiger partial charge is 0.481 e. The summed E-state index contributed by atoms with van der Waals surface area (Å²) in [4.78, 5) is 29.4. The molecule has 126 valence electrons. The van der Waals surface area contributed by atoms with Crippen LogP contribution in [0.25, 0.3) is 0 Å². The molecular formula is C16H28N2O4. The first-order valence-electron chi connectivity index (χ1n) is 7.51. The van der Waals surface area contributed by atoms with Gasteiger partial charge in [-0.2, -0.15) is 0 Å². The third-order valence-electron chi connectivity index (χ3n) is 3.22. The van der Waals surface area contributed by atoms with E-state index in [2.05, 4.69) is 33.0 Å². The van der Waals surface area contributed by atoms with Crippen molar-refractivity contribution in [1.29, 1.82) is 0 Å². The molecule has 1 saturated heterocycles. The van der Waals surface area contributed by atoms with E-state index in [9.17, 15) is 14.4 Å². The van der Waals surface area contributed by atoms with Gasteiger partial charge in [0, 0.05) is 29.7 Å². The second kappa shape index (κ2) is 8.68. The van der Waals surface area contributed by atoms with E-state index in [1.807, 2.05) is 5.32 Å². The standard InChI is InChI=1S/C9H19N.C4H3NO2.C3H6O2/c1-8(2)6-5-7-9(3,4)10-8;6-3-1-2-4(7)5-3;1-2-3(4)5/h10H,5-7H2,1-4H3;1-2H,(H,5,6,7);2H2,1H3,(H,4,5). The molecule has 0 spiro atoms. The Balaban J connectivity index is 0.000000322. The molecule has 1 fully saturated rings. The van der Waals surface area contributed by atoms with Gasteiger partial charge in [-0.25, -0.2) is 0 Å². The Morgan fingerprint density at radius 1 is 1.09 bits per heavy atom. The highest BCUT2D eigenvalue weighted by Gasteiger charge is 2.31. The summed E-state index contributed by atoms with van der Waals surface area (Å²) in [6.45, 7) is 10.7. The number of imide groups is 1. The average molecular weight is 312 g/mol. The first kappa shape index (κ1) is 20.3. The number of amides is 2. The smallest absolute Gasteiger partial charge is 0.303 e. The molecule has 0 aliphatic carbocycles. The zero-order valence-electron chi connectivity index (χ0n) is 14.2. The third kappa shape index (κ3) is 10.1. The molecule has 0 aromatic carbocycles. The predicted octanol–water partition coefficient (Wildman–Crippen LogP) is 2.00. The van der Waals surface area contributed by atoms with E-state index in [0.717, 1.165) is 0 Å². The summed E-state index contributed by atoms with van der Waals surface area (Å²) < 4.78 is 0. The molecule has 3 N–H and O–H groups in total. The number of carbonyl (C=O) groups excluding carboxylic acids is 2. The van der Waals surface area contributed by atoms with Gasteiger partial charge in [-0.1, -0.05) is 6.92 Å². The molecule has 2 amide bonds. The van der Waals surface area contributed by atoms with E-state index in [-0.39, 0.29) is 18.2 Å².